The summed E-state index contributed by atoms with van der Waals surface area (Å²) < 4.78 is 5.15. The minimum atomic E-state index is -0.101. The highest BCUT2D eigenvalue weighted by atomic mass is 16.5. The van der Waals surface area contributed by atoms with Crippen LogP contribution in [0.1, 0.15) is 45.4 Å². The Morgan fingerprint density at radius 1 is 1.24 bits per heavy atom. The normalized spacial score (nSPS) is 13.8. The molecule has 0 unspecified atom stereocenters. The Hall–Kier alpha value is -2.30. The maximum Gasteiger partial charge on any atom is 0.226 e. The van der Waals surface area contributed by atoms with Gasteiger partial charge < -0.3 is 15.0 Å². The number of hydrogen-bond donors (Lipinski definition) is 1. The first-order valence-electron chi connectivity index (χ1n) is 8.96. The van der Waals surface area contributed by atoms with E-state index in [1.165, 1.54) is 18.4 Å². The Balaban J connectivity index is 1.80. The van der Waals surface area contributed by atoms with Gasteiger partial charge in [-0.15, -0.1) is 0 Å². The van der Waals surface area contributed by atoms with Crippen LogP contribution in [0.5, 0.6) is 5.75 Å². The summed E-state index contributed by atoms with van der Waals surface area (Å²) in [6.45, 7) is 2.70. The van der Waals surface area contributed by atoms with Gasteiger partial charge in [0.05, 0.1) is 7.11 Å². The van der Waals surface area contributed by atoms with Crippen molar-refractivity contribution in [1.82, 2.24) is 4.90 Å². The molecule has 0 heterocycles. The summed E-state index contributed by atoms with van der Waals surface area (Å²) in [6, 6.07) is 7.25. The van der Waals surface area contributed by atoms with E-state index < -0.39 is 0 Å². The predicted molar refractivity (Wildman–Crippen MR) is 99.7 cm³/mol. The quantitative estimate of drug-likeness (QED) is 0.731. The Morgan fingerprint density at radius 2 is 2.08 bits per heavy atom. The van der Waals surface area contributed by atoms with Crippen LogP contribution >= 0.6 is 0 Å². The van der Waals surface area contributed by atoms with Crippen molar-refractivity contribution >= 4 is 17.5 Å². The molecule has 0 saturated carbocycles. The third-order valence-corrected chi connectivity index (χ3v) is 4.50. The van der Waals surface area contributed by atoms with Gasteiger partial charge in [0.25, 0.3) is 0 Å². The number of nitrogens with zero attached hydrogens (tertiary/aromatic N) is 1. The highest BCUT2D eigenvalue weighted by Crippen LogP contribution is 2.20. The third-order valence-electron chi connectivity index (χ3n) is 4.50. The number of methoxy groups -OCH3 is 1. The average molecular weight is 344 g/mol. The number of carbonyl (C=O) groups is 2. The monoisotopic (exact) mass is 344 g/mol. The summed E-state index contributed by atoms with van der Waals surface area (Å²) in [6.07, 6.45) is 8.31. The third kappa shape index (κ3) is 6.61. The molecular formula is C20H28N2O3. The molecule has 0 saturated heterocycles. The van der Waals surface area contributed by atoms with E-state index in [-0.39, 0.29) is 18.2 Å². The second-order valence-electron chi connectivity index (χ2n) is 6.39. The van der Waals surface area contributed by atoms with Gasteiger partial charge in [-0.1, -0.05) is 17.7 Å². The lowest BCUT2D eigenvalue weighted by atomic mass is 9.97. The largest absolute Gasteiger partial charge is 0.497 e. The molecule has 5 nitrogen and oxygen atoms in total. The highest BCUT2D eigenvalue weighted by Gasteiger charge is 2.13. The fraction of sp³-hybridized carbons (Fsp3) is 0.500. The van der Waals surface area contributed by atoms with E-state index >= 15 is 0 Å². The van der Waals surface area contributed by atoms with Gasteiger partial charge in [0.15, 0.2) is 0 Å². The van der Waals surface area contributed by atoms with Crippen LogP contribution < -0.4 is 10.1 Å². The molecular weight excluding hydrogens is 316 g/mol. The molecule has 1 aliphatic carbocycles. The van der Waals surface area contributed by atoms with Crippen molar-refractivity contribution in [2.45, 2.75) is 45.4 Å². The average Bonchev–Trinajstić information content (AvgIpc) is 2.62. The number of carbonyl (C=O) groups excluding carboxylic acids is 2. The molecule has 2 rings (SSSR count). The fourth-order valence-corrected chi connectivity index (χ4v) is 3.00. The van der Waals surface area contributed by atoms with Crippen LogP contribution in [0.15, 0.2) is 35.9 Å². The summed E-state index contributed by atoms with van der Waals surface area (Å²) in [4.78, 5) is 25.7. The van der Waals surface area contributed by atoms with E-state index in [1.54, 1.807) is 25.0 Å². The highest BCUT2D eigenvalue weighted by molar-refractivity contribution is 5.91. The molecule has 25 heavy (non-hydrogen) atoms. The first-order valence-corrected chi connectivity index (χ1v) is 8.96. The van der Waals surface area contributed by atoms with Crippen molar-refractivity contribution in [3.63, 3.8) is 0 Å². The molecule has 136 valence electrons. The summed E-state index contributed by atoms with van der Waals surface area (Å²) in [7, 11) is 1.59. The maximum atomic E-state index is 12.1. The Bertz CT molecular complexity index is 625. The lowest BCUT2D eigenvalue weighted by Crippen LogP contribution is -2.33. The van der Waals surface area contributed by atoms with E-state index in [0.717, 1.165) is 19.3 Å². The summed E-state index contributed by atoms with van der Waals surface area (Å²) in [5.74, 6) is 0.617. The van der Waals surface area contributed by atoms with Crippen LogP contribution in [0.4, 0.5) is 5.69 Å². The van der Waals surface area contributed by atoms with Crippen molar-refractivity contribution in [3.8, 4) is 5.75 Å². The zero-order valence-electron chi connectivity index (χ0n) is 15.2. The molecule has 1 aromatic rings. The summed E-state index contributed by atoms with van der Waals surface area (Å²) in [5, 5.41) is 2.85. The summed E-state index contributed by atoms with van der Waals surface area (Å²) in [5.41, 5.74) is 2.14. The molecule has 2 amide bonds. The Morgan fingerprint density at radius 3 is 2.76 bits per heavy atom. The molecule has 0 spiro atoms. The SMILES string of the molecule is COc1cccc(NC(=O)CCN(CCC2=CCCCC2)C(C)=O)c1. The minimum Gasteiger partial charge on any atom is -0.497 e. The molecule has 0 radical (unpaired) electrons. The van der Waals surface area contributed by atoms with Gasteiger partial charge in [-0.25, -0.2) is 0 Å². The number of allylic oxidation sites excluding steroid dienone is 1. The van der Waals surface area contributed by atoms with Gasteiger partial charge in [-0.2, -0.15) is 0 Å². The molecule has 0 bridgehead atoms. The fourth-order valence-electron chi connectivity index (χ4n) is 3.00. The number of benzene rings is 1. The number of hydrogen-bond acceptors (Lipinski definition) is 3. The van der Waals surface area contributed by atoms with Gasteiger partial charge in [-0.3, -0.25) is 9.59 Å². The van der Waals surface area contributed by atoms with Crippen molar-refractivity contribution in [2.75, 3.05) is 25.5 Å². The standard InChI is InChI=1S/C20H28N2O3/c1-16(23)22(13-11-17-7-4-3-5-8-17)14-12-20(24)21-18-9-6-10-19(15-18)25-2/h6-7,9-10,15H,3-5,8,11-14H2,1-2H3,(H,21,24). The van der Waals surface area contributed by atoms with Gasteiger partial charge >= 0.3 is 0 Å². The number of nitrogens with one attached hydrogen (secondary N) is 1. The molecule has 1 aliphatic rings. The van der Waals surface area contributed by atoms with E-state index in [9.17, 15) is 9.59 Å². The number of rotatable bonds is 8. The number of ether oxygens (including phenoxy) is 1. The van der Waals surface area contributed by atoms with Gasteiger partial charge in [0.1, 0.15) is 5.75 Å². The van der Waals surface area contributed by atoms with Gasteiger partial charge in [-0.05, 0) is 44.2 Å². The lowest BCUT2D eigenvalue weighted by molar-refractivity contribution is -0.129. The second-order valence-corrected chi connectivity index (χ2v) is 6.39. The van der Waals surface area contributed by atoms with Crippen LogP contribution in [0.3, 0.4) is 0 Å². The first kappa shape index (κ1) is 19.0. The van der Waals surface area contributed by atoms with E-state index in [1.807, 2.05) is 18.2 Å². The van der Waals surface area contributed by atoms with Crippen LogP contribution in [0.2, 0.25) is 0 Å². The minimum absolute atomic E-state index is 0.0191. The van der Waals surface area contributed by atoms with Crippen molar-refractivity contribution < 1.29 is 14.3 Å². The molecule has 0 aliphatic heterocycles. The zero-order chi connectivity index (χ0) is 18.1. The topological polar surface area (TPSA) is 58.6 Å². The molecule has 1 aromatic carbocycles. The Labute approximate surface area is 150 Å². The van der Waals surface area contributed by atoms with E-state index in [2.05, 4.69) is 11.4 Å². The number of amides is 2. The van der Waals surface area contributed by atoms with E-state index in [0.29, 0.717) is 24.5 Å². The van der Waals surface area contributed by atoms with Crippen molar-refractivity contribution in [3.05, 3.63) is 35.9 Å². The van der Waals surface area contributed by atoms with E-state index in [4.69, 9.17) is 4.74 Å². The Kier molecular flexibility index (Phi) is 7.51. The summed E-state index contributed by atoms with van der Waals surface area (Å²) >= 11 is 0. The molecule has 5 heteroatoms. The van der Waals surface area contributed by atoms with Gasteiger partial charge in [0.2, 0.25) is 11.8 Å². The molecule has 1 N–H and O–H groups in total. The molecule has 0 atom stereocenters. The van der Waals surface area contributed by atoms with Crippen molar-refractivity contribution in [1.29, 1.82) is 0 Å². The van der Waals surface area contributed by atoms with Crippen LogP contribution in [0, 0.1) is 0 Å². The molecule has 0 fully saturated rings. The van der Waals surface area contributed by atoms with Crippen LogP contribution in [0.25, 0.3) is 0 Å². The molecule has 0 aromatic heterocycles. The van der Waals surface area contributed by atoms with Crippen LogP contribution in [-0.4, -0.2) is 36.9 Å². The zero-order valence-corrected chi connectivity index (χ0v) is 15.2. The lowest BCUT2D eigenvalue weighted by Gasteiger charge is -2.22. The first-order chi connectivity index (χ1) is 12.1. The smallest absolute Gasteiger partial charge is 0.226 e. The van der Waals surface area contributed by atoms with Crippen LogP contribution in [-0.2, 0) is 9.59 Å². The predicted octanol–water partition coefficient (Wildman–Crippen LogP) is 3.76. The second kappa shape index (κ2) is 9.87. The van der Waals surface area contributed by atoms with Crippen molar-refractivity contribution in [2.24, 2.45) is 0 Å². The maximum absolute atomic E-state index is 12.1. The van der Waals surface area contributed by atoms with Gasteiger partial charge in [0, 0.05) is 38.2 Å². The number of anilines is 1.